The molecule has 2 aliphatic heterocycles. The lowest BCUT2D eigenvalue weighted by Crippen LogP contribution is -2.33. The van der Waals surface area contributed by atoms with Crippen LogP contribution in [0.1, 0.15) is 40.9 Å². The van der Waals surface area contributed by atoms with Gasteiger partial charge in [0, 0.05) is 22.0 Å². The van der Waals surface area contributed by atoms with Crippen LogP contribution in [0.3, 0.4) is 0 Å². The van der Waals surface area contributed by atoms with E-state index in [-0.39, 0.29) is 12.3 Å². The molecule has 2 heterocycles. The van der Waals surface area contributed by atoms with Crippen molar-refractivity contribution in [3.63, 3.8) is 0 Å². The van der Waals surface area contributed by atoms with Crippen LogP contribution in [-0.2, 0) is 0 Å². The summed E-state index contributed by atoms with van der Waals surface area (Å²) in [5.41, 5.74) is 5.75. The van der Waals surface area contributed by atoms with Crippen molar-refractivity contribution < 1.29 is 4.74 Å². The third-order valence-electron chi connectivity index (χ3n) is 5.28. The normalized spacial score (nSPS) is 20.2. The number of ether oxygens (including phenoxy) is 1. The number of hydrazone groups is 1. The summed E-state index contributed by atoms with van der Waals surface area (Å²) in [6.07, 6.45) is 0.600. The lowest BCUT2D eigenvalue weighted by atomic mass is 9.96. The van der Waals surface area contributed by atoms with Gasteiger partial charge in [0.05, 0.1) is 16.2 Å². The predicted molar refractivity (Wildman–Crippen MR) is 119 cm³/mol. The number of fused-ring (bicyclic) bond motifs is 3. The first-order valence-electron chi connectivity index (χ1n) is 9.23. The van der Waals surface area contributed by atoms with Gasteiger partial charge in [-0.25, -0.2) is 5.01 Å². The average Bonchev–Trinajstić information content (AvgIpc) is 3.15. The SMILES string of the molecule is Cc1ccc(C2Oc3c(Br)cc(Br)cc3C3CC(c4ccccc4)=NN32)cc1. The third kappa shape index (κ3) is 3.07. The lowest BCUT2D eigenvalue weighted by molar-refractivity contribution is -0.0197. The molecule has 5 heteroatoms. The number of nitrogens with zero attached hydrogens (tertiary/aromatic N) is 2. The Kier molecular flexibility index (Phi) is 4.52. The van der Waals surface area contributed by atoms with E-state index in [9.17, 15) is 0 Å². The van der Waals surface area contributed by atoms with E-state index in [1.807, 2.05) is 12.1 Å². The molecule has 3 nitrogen and oxygen atoms in total. The molecule has 3 aromatic rings. The molecule has 0 aromatic heterocycles. The van der Waals surface area contributed by atoms with Gasteiger partial charge in [-0.1, -0.05) is 76.1 Å². The maximum absolute atomic E-state index is 6.49. The van der Waals surface area contributed by atoms with Crippen LogP contribution in [0.25, 0.3) is 0 Å². The number of halogens is 2. The summed E-state index contributed by atoms with van der Waals surface area (Å²) >= 11 is 7.32. The molecule has 0 aliphatic carbocycles. The van der Waals surface area contributed by atoms with Crippen LogP contribution in [0.4, 0.5) is 0 Å². The third-order valence-corrected chi connectivity index (χ3v) is 6.32. The monoisotopic (exact) mass is 496 g/mol. The first-order valence-corrected chi connectivity index (χ1v) is 10.8. The lowest BCUT2D eigenvalue weighted by Gasteiger charge is -2.38. The van der Waals surface area contributed by atoms with Gasteiger partial charge in [0.25, 0.3) is 0 Å². The maximum Gasteiger partial charge on any atom is 0.213 e. The van der Waals surface area contributed by atoms with Gasteiger partial charge in [-0.05, 0) is 40.5 Å². The Bertz CT molecular complexity index is 1060. The molecule has 5 rings (SSSR count). The van der Waals surface area contributed by atoms with Crippen molar-refractivity contribution in [2.45, 2.75) is 25.6 Å². The zero-order valence-corrected chi connectivity index (χ0v) is 18.4. The number of hydrogen-bond donors (Lipinski definition) is 0. The van der Waals surface area contributed by atoms with Crippen molar-refractivity contribution in [2.24, 2.45) is 5.10 Å². The van der Waals surface area contributed by atoms with Gasteiger partial charge in [0.2, 0.25) is 6.23 Å². The number of benzene rings is 3. The Morgan fingerprint density at radius 1 is 1.00 bits per heavy atom. The van der Waals surface area contributed by atoms with E-state index in [0.717, 1.165) is 43.5 Å². The van der Waals surface area contributed by atoms with Crippen molar-refractivity contribution in [3.05, 3.63) is 97.9 Å². The number of rotatable bonds is 2. The van der Waals surface area contributed by atoms with Crippen LogP contribution in [0, 0.1) is 6.92 Å². The van der Waals surface area contributed by atoms with Crippen LogP contribution in [0.15, 0.2) is 80.8 Å². The summed E-state index contributed by atoms with van der Waals surface area (Å²) in [5, 5.41) is 7.13. The summed E-state index contributed by atoms with van der Waals surface area (Å²) < 4.78 is 8.48. The van der Waals surface area contributed by atoms with E-state index in [4.69, 9.17) is 9.84 Å². The molecule has 0 radical (unpaired) electrons. The molecule has 0 bridgehead atoms. The van der Waals surface area contributed by atoms with Crippen LogP contribution in [0.2, 0.25) is 0 Å². The van der Waals surface area contributed by atoms with Crippen LogP contribution >= 0.6 is 31.9 Å². The minimum absolute atomic E-state index is 0.138. The van der Waals surface area contributed by atoms with Gasteiger partial charge >= 0.3 is 0 Å². The van der Waals surface area contributed by atoms with Gasteiger partial charge in [-0.3, -0.25) is 0 Å². The maximum atomic E-state index is 6.49. The quantitative estimate of drug-likeness (QED) is 0.390. The smallest absolute Gasteiger partial charge is 0.213 e. The van der Waals surface area contributed by atoms with Gasteiger partial charge in [-0.2, -0.15) is 5.10 Å². The van der Waals surface area contributed by atoms with Crippen LogP contribution in [0.5, 0.6) is 5.75 Å². The molecule has 2 atom stereocenters. The minimum Gasteiger partial charge on any atom is -0.463 e. The van der Waals surface area contributed by atoms with E-state index < -0.39 is 0 Å². The molecule has 0 amide bonds. The molecule has 0 N–H and O–H groups in total. The zero-order chi connectivity index (χ0) is 19.3. The van der Waals surface area contributed by atoms with Crippen LogP contribution < -0.4 is 4.74 Å². The van der Waals surface area contributed by atoms with Gasteiger partial charge in [0.1, 0.15) is 5.75 Å². The molecule has 0 saturated carbocycles. The molecule has 0 spiro atoms. The van der Waals surface area contributed by atoms with E-state index in [1.165, 1.54) is 5.56 Å². The van der Waals surface area contributed by atoms with Crippen molar-refractivity contribution in [1.29, 1.82) is 0 Å². The molecule has 2 unspecified atom stereocenters. The fraction of sp³-hybridized carbons (Fsp3) is 0.174. The predicted octanol–water partition coefficient (Wildman–Crippen LogP) is 6.76. The van der Waals surface area contributed by atoms with Gasteiger partial charge in [-0.15, -0.1) is 0 Å². The number of aryl methyl sites for hydroxylation is 1. The Hall–Kier alpha value is -2.11. The van der Waals surface area contributed by atoms with E-state index in [1.54, 1.807) is 0 Å². The summed E-state index contributed by atoms with van der Waals surface area (Å²) in [4.78, 5) is 0. The molecule has 2 aliphatic rings. The average molecular weight is 498 g/mol. The molecule has 0 saturated heterocycles. The highest BCUT2D eigenvalue weighted by atomic mass is 79.9. The summed E-state index contributed by atoms with van der Waals surface area (Å²) in [7, 11) is 0. The summed E-state index contributed by atoms with van der Waals surface area (Å²) in [6.45, 7) is 2.10. The highest BCUT2D eigenvalue weighted by Gasteiger charge is 2.41. The topological polar surface area (TPSA) is 24.8 Å². The molecule has 140 valence electrons. The highest BCUT2D eigenvalue weighted by Crippen LogP contribution is 2.50. The molecule has 3 aromatic carbocycles. The fourth-order valence-electron chi connectivity index (χ4n) is 3.87. The molecular formula is C23H18Br2N2O. The van der Waals surface area contributed by atoms with Crippen molar-refractivity contribution in [1.82, 2.24) is 5.01 Å². The number of hydrogen-bond acceptors (Lipinski definition) is 3. The Morgan fingerprint density at radius 2 is 1.75 bits per heavy atom. The second-order valence-electron chi connectivity index (χ2n) is 7.20. The first kappa shape index (κ1) is 18.0. The van der Waals surface area contributed by atoms with Crippen molar-refractivity contribution in [3.8, 4) is 5.75 Å². The van der Waals surface area contributed by atoms with Gasteiger partial charge in [0.15, 0.2) is 0 Å². The largest absolute Gasteiger partial charge is 0.463 e. The van der Waals surface area contributed by atoms with Gasteiger partial charge < -0.3 is 4.74 Å². The second kappa shape index (κ2) is 7.05. The van der Waals surface area contributed by atoms with Crippen molar-refractivity contribution >= 4 is 37.6 Å². The standard InChI is InChI=1S/C23H18Br2N2O/c1-14-7-9-16(10-8-14)23-27-21(13-20(26-27)15-5-3-2-4-6-15)18-11-17(24)12-19(25)22(18)28-23/h2-12,21,23H,13H2,1H3. The van der Waals surface area contributed by atoms with E-state index in [2.05, 4.69) is 98.4 Å². The van der Waals surface area contributed by atoms with E-state index in [0.29, 0.717) is 0 Å². The molecule has 28 heavy (non-hydrogen) atoms. The van der Waals surface area contributed by atoms with Crippen LogP contribution in [-0.4, -0.2) is 10.7 Å². The Labute approximate surface area is 181 Å². The second-order valence-corrected chi connectivity index (χ2v) is 8.97. The molecular weight excluding hydrogens is 480 g/mol. The summed E-state index contributed by atoms with van der Waals surface area (Å²) in [6, 6.07) is 23.2. The zero-order valence-electron chi connectivity index (χ0n) is 15.3. The van der Waals surface area contributed by atoms with Crippen molar-refractivity contribution in [2.75, 3.05) is 0 Å². The first-order chi connectivity index (χ1) is 13.6. The fourth-order valence-corrected chi connectivity index (χ4v) is 5.22. The Balaban J connectivity index is 1.63. The highest BCUT2D eigenvalue weighted by molar-refractivity contribution is 9.11. The van der Waals surface area contributed by atoms with E-state index >= 15 is 0 Å². The Morgan fingerprint density at radius 3 is 2.50 bits per heavy atom. The summed E-state index contributed by atoms with van der Waals surface area (Å²) in [5.74, 6) is 0.902. The molecule has 0 fully saturated rings. The minimum atomic E-state index is -0.253.